The number of amides is 1. The molecule has 1 amide bonds. The molecule has 2 bridgehead atoms. The van der Waals surface area contributed by atoms with E-state index < -0.39 is 5.60 Å². The van der Waals surface area contributed by atoms with Gasteiger partial charge in [-0.2, -0.15) is 0 Å². The molecule has 142 valence electrons. The smallest absolute Gasteiger partial charge is 0.410 e. The minimum Gasteiger partial charge on any atom is -0.445 e. The monoisotopic (exact) mass is 368 g/mol. The Bertz CT molecular complexity index is 797. The van der Waals surface area contributed by atoms with Gasteiger partial charge in [0.25, 0.3) is 0 Å². The number of nitrogens with zero attached hydrogens (tertiary/aromatic N) is 2. The molecule has 2 aliphatic heterocycles. The van der Waals surface area contributed by atoms with Crippen molar-refractivity contribution in [3.63, 3.8) is 0 Å². The van der Waals surface area contributed by atoms with E-state index >= 15 is 0 Å². The number of morpholine rings is 1. The summed E-state index contributed by atoms with van der Waals surface area (Å²) in [4.78, 5) is 18.7. The number of piperidine rings is 1. The summed E-state index contributed by atoms with van der Waals surface area (Å²) in [5.41, 5.74) is 1.69. The number of aliphatic hydroxyl groups is 1. The summed E-state index contributed by atoms with van der Waals surface area (Å²) in [6.45, 7) is 2.96. The average molecular weight is 368 g/mol. The molecule has 2 unspecified atom stereocenters. The van der Waals surface area contributed by atoms with Crippen molar-refractivity contribution in [1.29, 1.82) is 0 Å². The van der Waals surface area contributed by atoms with Crippen LogP contribution in [-0.4, -0.2) is 46.4 Å². The molecule has 4 rings (SSSR count). The zero-order valence-electron chi connectivity index (χ0n) is 15.4. The maximum absolute atomic E-state index is 12.7. The predicted octanol–water partition coefficient (Wildman–Crippen LogP) is 2.78. The molecule has 6 nitrogen and oxygen atoms in total. The molecule has 3 heterocycles. The van der Waals surface area contributed by atoms with Crippen molar-refractivity contribution in [3.8, 4) is 0 Å². The highest BCUT2D eigenvalue weighted by Crippen LogP contribution is 2.41. The van der Waals surface area contributed by atoms with Gasteiger partial charge in [-0.05, 0) is 30.2 Å². The van der Waals surface area contributed by atoms with Gasteiger partial charge in [0.2, 0.25) is 0 Å². The van der Waals surface area contributed by atoms with E-state index in [-0.39, 0.29) is 24.8 Å². The van der Waals surface area contributed by atoms with E-state index in [0.29, 0.717) is 26.1 Å². The fraction of sp³-hybridized carbons (Fsp3) is 0.429. The molecule has 0 spiro atoms. The van der Waals surface area contributed by atoms with Gasteiger partial charge in [0.05, 0.1) is 30.9 Å². The lowest BCUT2D eigenvalue weighted by Gasteiger charge is -2.51. The second kappa shape index (κ2) is 7.29. The fourth-order valence-corrected chi connectivity index (χ4v) is 4.14. The molecule has 1 aromatic carbocycles. The summed E-state index contributed by atoms with van der Waals surface area (Å²) < 4.78 is 11.2. The summed E-state index contributed by atoms with van der Waals surface area (Å²) in [6.07, 6.45) is 2.22. The van der Waals surface area contributed by atoms with Crippen LogP contribution in [-0.2, 0) is 21.7 Å². The van der Waals surface area contributed by atoms with Gasteiger partial charge in [0.1, 0.15) is 6.61 Å². The molecule has 6 heteroatoms. The van der Waals surface area contributed by atoms with Crippen LogP contribution < -0.4 is 0 Å². The second-order valence-corrected chi connectivity index (χ2v) is 7.42. The Morgan fingerprint density at radius 1 is 1.26 bits per heavy atom. The third kappa shape index (κ3) is 3.68. The molecule has 1 aromatic heterocycles. The zero-order chi connectivity index (χ0) is 18.9. The lowest BCUT2D eigenvalue weighted by atomic mass is 9.77. The molecule has 0 aliphatic carbocycles. The van der Waals surface area contributed by atoms with Crippen molar-refractivity contribution in [1.82, 2.24) is 9.88 Å². The van der Waals surface area contributed by atoms with Crippen molar-refractivity contribution in [2.24, 2.45) is 0 Å². The number of aromatic nitrogens is 1. The number of carbonyl (C=O) groups excluding carboxylic acids is 1. The number of rotatable bonds is 3. The molecular formula is C21H24N2O4. The number of hydrogen-bond donors (Lipinski definition) is 1. The van der Waals surface area contributed by atoms with Crippen LogP contribution in [0, 0.1) is 6.92 Å². The van der Waals surface area contributed by atoms with Crippen LogP contribution in [0.3, 0.4) is 0 Å². The van der Waals surface area contributed by atoms with Gasteiger partial charge < -0.3 is 14.6 Å². The Kier molecular flexibility index (Phi) is 4.85. The molecule has 2 aromatic rings. The Morgan fingerprint density at radius 2 is 1.96 bits per heavy atom. The Labute approximate surface area is 158 Å². The standard InChI is InChI=1S/C21H24N2O4/c1-15-9-17(7-8-22-15)21(25)10-18-13-26-14-19(11-21)23(18)20(24)27-12-16-5-3-2-4-6-16/h2-9,18-19,25H,10-14H2,1H3. The molecule has 1 N–H and O–H groups in total. The van der Waals surface area contributed by atoms with Gasteiger partial charge in [-0.15, -0.1) is 0 Å². The number of ether oxygens (including phenoxy) is 2. The van der Waals surface area contributed by atoms with E-state index in [1.54, 1.807) is 11.1 Å². The molecule has 2 fully saturated rings. The van der Waals surface area contributed by atoms with Crippen molar-refractivity contribution in [2.45, 2.75) is 44.1 Å². The van der Waals surface area contributed by atoms with Crippen molar-refractivity contribution >= 4 is 6.09 Å². The summed E-state index contributed by atoms with van der Waals surface area (Å²) in [5.74, 6) is 0. The Hall–Kier alpha value is -2.44. The van der Waals surface area contributed by atoms with E-state index in [1.165, 1.54) is 0 Å². The molecular weight excluding hydrogens is 344 g/mol. The Balaban J connectivity index is 1.49. The van der Waals surface area contributed by atoms with E-state index in [2.05, 4.69) is 4.98 Å². The molecule has 2 atom stereocenters. The maximum Gasteiger partial charge on any atom is 0.410 e. The quantitative estimate of drug-likeness (QED) is 0.902. The minimum absolute atomic E-state index is 0.209. The molecule has 2 aliphatic rings. The molecule has 2 saturated heterocycles. The third-order valence-electron chi connectivity index (χ3n) is 5.40. The summed E-state index contributed by atoms with van der Waals surface area (Å²) in [7, 11) is 0. The van der Waals surface area contributed by atoms with Gasteiger partial charge in [-0.1, -0.05) is 30.3 Å². The van der Waals surface area contributed by atoms with Crippen LogP contribution in [0.5, 0.6) is 0 Å². The van der Waals surface area contributed by atoms with Gasteiger partial charge in [0, 0.05) is 24.7 Å². The predicted molar refractivity (Wildman–Crippen MR) is 99.0 cm³/mol. The van der Waals surface area contributed by atoms with Crippen molar-refractivity contribution < 1.29 is 19.4 Å². The van der Waals surface area contributed by atoms with Crippen LogP contribution in [0.2, 0.25) is 0 Å². The van der Waals surface area contributed by atoms with E-state index in [9.17, 15) is 9.90 Å². The number of fused-ring (bicyclic) bond motifs is 2. The summed E-state index contributed by atoms with van der Waals surface area (Å²) >= 11 is 0. The van der Waals surface area contributed by atoms with Gasteiger partial charge in [-0.25, -0.2) is 4.79 Å². The largest absolute Gasteiger partial charge is 0.445 e. The van der Waals surface area contributed by atoms with E-state index in [4.69, 9.17) is 9.47 Å². The van der Waals surface area contributed by atoms with Crippen LogP contribution >= 0.6 is 0 Å². The summed E-state index contributed by atoms with van der Waals surface area (Å²) in [5, 5.41) is 11.3. The number of pyridine rings is 1. The fourth-order valence-electron chi connectivity index (χ4n) is 4.14. The first-order valence-corrected chi connectivity index (χ1v) is 9.27. The van der Waals surface area contributed by atoms with Gasteiger partial charge >= 0.3 is 6.09 Å². The Morgan fingerprint density at radius 3 is 2.63 bits per heavy atom. The lowest BCUT2D eigenvalue weighted by molar-refractivity contribution is -0.137. The van der Waals surface area contributed by atoms with Gasteiger partial charge in [-0.3, -0.25) is 9.88 Å². The average Bonchev–Trinajstić information content (AvgIpc) is 2.66. The minimum atomic E-state index is -0.983. The second-order valence-electron chi connectivity index (χ2n) is 7.42. The highest BCUT2D eigenvalue weighted by molar-refractivity contribution is 5.69. The van der Waals surface area contributed by atoms with Crippen LogP contribution in [0.1, 0.15) is 29.7 Å². The lowest BCUT2D eigenvalue weighted by Crippen LogP contribution is -2.62. The normalized spacial score (nSPS) is 27.3. The van der Waals surface area contributed by atoms with E-state index in [1.807, 2.05) is 49.4 Å². The topological polar surface area (TPSA) is 71.9 Å². The number of aryl methyl sites for hydroxylation is 1. The number of carbonyl (C=O) groups is 1. The highest BCUT2D eigenvalue weighted by Gasteiger charge is 2.49. The first-order valence-electron chi connectivity index (χ1n) is 9.27. The third-order valence-corrected chi connectivity index (χ3v) is 5.40. The summed E-state index contributed by atoms with van der Waals surface area (Å²) in [6, 6.07) is 13.0. The number of benzene rings is 1. The van der Waals surface area contributed by atoms with Crippen molar-refractivity contribution in [2.75, 3.05) is 13.2 Å². The molecule has 0 radical (unpaired) electrons. The SMILES string of the molecule is Cc1cc(C2(O)CC3COCC(C2)N3C(=O)OCc2ccccc2)ccn1. The first-order chi connectivity index (χ1) is 13.0. The van der Waals surface area contributed by atoms with Crippen LogP contribution in [0.4, 0.5) is 4.79 Å². The van der Waals surface area contributed by atoms with Crippen LogP contribution in [0.25, 0.3) is 0 Å². The zero-order valence-corrected chi connectivity index (χ0v) is 15.4. The molecule has 0 saturated carbocycles. The number of hydrogen-bond acceptors (Lipinski definition) is 5. The van der Waals surface area contributed by atoms with E-state index in [0.717, 1.165) is 16.8 Å². The molecule has 27 heavy (non-hydrogen) atoms. The van der Waals surface area contributed by atoms with Gasteiger partial charge in [0.15, 0.2) is 0 Å². The van der Waals surface area contributed by atoms with Crippen molar-refractivity contribution in [3.05, 3.63) is 65.5 Å². The maximum atomic E-state index is 12.7. The highest BCUT2D eigenvalue weighted by atomic mass is 16.6. The van der Waals surface area contributed by atoms with Crippen LogP contribution in [0.15, 0.2) is 48.7 Å². The first kappa shape index (κ1) is 17.9.